The van der Waals surface area contributed by atoms with Crippen LogP contribution in [0.25, 0.3) is 0 Å². The van der Waals surface area contributed by atoms with Crippen molar-refractivity contribution in [2.75, 3.05) is 18.4 Å². The number of aryl methyl sites for hydroxylation is 1. The summed E-state index contributed by atoms with van der Waals surface area (Å²) in [4.78, 5) is 12.4. The van der Waals surface area contributed by atoms with E-state index >= 15 is 0 Å². The second-order valence-electron chi connectivity index (χ2n) is 5.30. The van der Waals surface area contributed by atoms with E-state index in [9.17, 15) is 13.2 Å². The summed E-state index contributed by atoms with van der Waals surface area (Å²) in [7, 11) is -3.70. The number of nitrogens with zero attached hydrogens (tertiary/aromatic N) is 1. The molecule has 0 bridgehead atoms. The first-order valence-corrected chi connectivity index (χ1v) is 9.68. The molecular formula is C17H19BrN2O3S. The quantitative estimate of drug-likeness (QED) is 0.793. The SMILES string of the molecule is CCN(CC(=O)Nc1cccc(Br)c1)S(=O)(=O)c1ccc(C)cc1. The number of benzene rings is 2. The van der Waals surface area contributed by atoms with Gasteiger partial charge in [0.15, 0.2) is 0 Å². The highest BCUT2D eigenvalue weighted by Gasteiger charge is 2.25. The summed E-state index contributed by atoms with van der Waals surface area (Å²) in [6.45, 7) is 3.57. The number of amides is 1. The van der Waals surface area contributed by atoms with Crippen LogP contribution < -0.4 is 5.32 Å². The third-order valence-electron chi connectivity index (χ3n) is 3.44. The Balaban J connectivity index is 2.13. The van der Waals surface area contributed by atoms with Gasteiger partial charge < -0.3 is 5.32 Å². The predicted octanol–water partition coefficient (Wildman–Crippen LogP) is 3.41. The smallest absolute Gasteiger partial charge is 0.243 e. The number of anilines is 1. The van der Waals surface area contributed by atoms with Crippen molar-refractivity contribution in [1.29, 1.82) is 0 Å². The highest BCUT2D eigenvalue weighted by molar-refractivity contribution is 9.10. The lowest BCUT2D eigenvalue weighted by atomic mass is 10.2. The first kappa shape index (κ1) is 18.6. The molecule has 0 heterocycles. The van der Waals surface area contributed by atoms with Crippen molar-refractivity contribution in [2.45, 2.75) is 18.7 Å². The van der Waals surface area contributed by atoms with Crippen molar-refractivity contribution in [3.63, 3.8) is 0 Å². The van der Waals surface area contributed by atoms with E-state index < -0.39 is 10.0 Å². The number of carbonyl (C=O) groups is 1. The maximum Gasteiger partial charge on any atom is 0.243 e. The van der Waals surface area contributed by atoms with Crippen molar-refractivity contribution in [2.24, 2.45) is 0 Å². The summed E-state index contributed by atoms with van der Waals surface area (Å²) in [6.07, 6.45) is 0. The van der Waals surface area contributed by atoms with E-state index in [-0.39, 0.29) is 23.9 Å². The van der Waals surface area contributed by atoms with Gasteiger partial charge in [-0.1, -0.05) is 46.6 Å². The fraction of sp³-hybridized carbons (Fsp3) is 0.235. The Morgan fingerprint density at radius 3 is 2.42 bits per heavy atom. The Hall–Kier alpha value is -1.70. The molecule has 0 aliphatic heterocycles. The third kappa shape index (κ3) is 4.66. The zero-order chi connectivity index (χ0) is 17.7. The lowest BCUT2D eigenvalue weighted by Crippen LogP contribution is -2.37. The zero-order valence-corrected chi connectivity index (χ0v) is 15.9. The summed E-state index contributed by atoms with van der Waals surface area (Å²) < 4.78 is 27.3. The summed E-state index contributed by atoms with van der Waals surface area (Å²) >= 11 is 3.33. The van der Waals surface area contributed by atoms with Gasteiger partial charge in [-0.3, -0.25) is 4.79 Å². The molecule has 5 nitrogen and oxygen atoms in total. The minimum atomic E-state index is -3.70. The van der Waals surface area contributed by atoms with Gasteiger partial charge in [-0.05, 0) is 37.3 Å². The van der Waals surface area contributed by atoms with Crippen molar-refractivity contribution in [3.05, 3.63) is 58.6 Å². The normalized spacial score (nSPS) is 11.5. The van der Waals surface area contributed by atoms with Gasteiger partial charge in [0.05, 0.1) is 11.4 Å². The van der Waals surface area contributed by atoms with E-state index in [4.69, 9.17) is 0 Å². The molecule has 0 fully saturated rings. The molecule has 0 aliphatic carbocycles. The molecule has 0 aromatic heterocycles. The molecule has 0 aliphatic rings. The van der Waals surface area contributed by atoms with Gasteiger partial charge in [-0.15, -0.1) is 0 Å². The van der Waals surface area contributed by atoms with E-state index in [1.165, 1.54) is 0 Å². The molecule has 128 valence electrons. The van der Waals surface area contributed by atoms with Crippen molar-refractivity contribution in [1.82, 2.24) is 4.31 Å². The fourth-order valence-electron chi connectivity index (χ4n) is 2.15. The van der Waals surface area contributed by atoms with E-state index in [0.29, 0.717) is 5.69 Å². The Morgan fingerprint density at radius 1 is 1.17 bits per heavy atom. The standard InChI is InChI=1S/C17H19BrN2O3S/c1-3-20(24(22,23)16-9-7-13(2)8-10-16)12-17(21)19-15-6-4-5-14(18)11-15/h4-11H,3,12H2,1-2H3,(H,19,21). The third-order valence-corrected chi connectivity index (χ3v) is 5.87. The lowest BCUT2D eigenvalue weighted by Gasteiger charge is -2.20. The van der Waals surface area contributed by atoms with E-state index in [1.807, 2.05) is 13.0 Å². The second kappa shape index (κ2) is 7.92. The van der Waals surface area contributed by atoms with Crippen LogP contribution in [0.3, 0.4) is 0 Å². The molecule has 2 aromatic carbocycles. The molecule has 2 aromatic rings. The molecule has 2 rings (SSSR count). The Bertz CT molecular complexity index is 820. The summed E-state index contributed by atoms with van der Waals surface area (Å²) in [5, 5.41) is 2.71. The van der Waals surface area contributed by atoms with Crippen LogP contribution in [0, 0.1) is 6.92 Å². The first-order chi connectivity index (χ1) is 11.3. The van der Waals surface area contributed by atoms with E-state index in [0.717, 1.165) is 14.3 Å². The Labute approximate surface area is 150 Å². The van der Waals surface area contributed by atoms with Gasteiger partial charge in [-0.25, -0.2) is 8.42 Å². The van der Waals surface area contributed by atoms with E-state index in [1.54, 1.807) is 49.4 Å². The van der Waals surface area contributed by atoms with Gasteiger partial charge in [0.2, 0.25) is 15.9 Å². The highest BCUT2D eigenvalue weighted by Crippen LogP contribution is 2.18. The van der Waals surface area contributed by atoms with Crippen LogP contribution in [0.15, 0.2) is 57.9 Å². The second-order valence-corrected chi connectivity index (χ2v) is 8.16. The maximum atomic E-state index is 12.7. The average Bonchev–Trinajstić information content (AvgIpc) is 2.53. The first-order valence-electron chi connectivity index (χ1n) is 7.45. The number of nitrogens with one attached hydrogen (secondary N) is 1. The number of hydrogen-bond acceptors (Lipinski definition) is 3. The molecule has 0 spiro atoms. The van der Waals surface area contributed by atoms with Crippen molar-refractivity contribution < 1.29 is 13.2 Å². The predicted molar refractivity (Wildman–Crippen MR) is 98.4 cm³/mol. The van der Waals surface area contributed by atoms with Crippen LogP contribution >= 0.6 is 15.9 Å². The molecule has 0 unspecified atom stereocenters. The van der Waals surface area contributed by atoms with Crippen LogP contribution in [0.2, 0.25) is 0 Å². The number of sulfonamides is 1. The highest BCUT2D eigenvalue weighted by atomic mass is 79.9. The molecule has 0 saturated carbocycles. The molecule has 1 N–H and O–H groups in total. The molecular weight excluding hydrogens is 392 g/mol. The summed E-state index contributed by atoms with van der Waals surface area (Å²) in [6, 6.07) is 13.7. The molecule has 0 radical (unpaired) electrons. The number of carbonyl (C=O) groups excluding carboxylic acids is 1. The Morgan fingerprint density at radius 2 is 1.83 bits per heavy atom. The largest absolute Gasteiger partial charge is 0.325 e. The molecule has 7 heteroatoms. The fourth-order valence-corrected chi connectivity index (χ4v) is 3.96. The number of rotatable bonds is 6. The molecule has 0 saturated heterocycles. The summed E-state index contributed by atoms with van der Waals surface area (Å²) in [5.74, 6) is -0.384. The lowest BCUT2D eigenvalue weighted by molar-refractivity contribution is -0.116. The summed E-state index contributed by atoms with van der Waals surface area (Å²) in [5.41, 5.74) is 1.59. The zero-order valence-electron chi connectivity index (χ0n) is 13.5. The maximum absolute atomic E-state index is 12.7. The molecule has 24 heavy (non-hydrogen) atoms. The minimum Gasteiger partial charge on any atom is -0.325 e. The van der Waals surface area contributed by atoms with Gasteiger partial charge in [0.1, 0.15) is 0 Å². The van der Waals surface area contributed by atoms with Crippen LogP contribution in [0.1, 0.15) is 12.5 Å². The van der Waals surface area contributed by atoms with Crippen LogP contribution in [-0.2, 0) is 14.8 Å². The van der Waals surface area contributed by atoms with Crippen LogP contribution in [0.5, 0.6) is 0 Å². The van der Waals surface area contributed by atoms with Gasteiger partial charge in [-0.2, -0.15) is 4.31 Å². The minimum absolute atomic E-state index is 0.185. The average molecular weight is 411 g/mol. The monoisotopic (exact) mass is 410 g/mol. The van der Waals surface area contributed by atoms with Crippen molar-refractivity contribution >= 4 is 37.5 Å². The topological polar surface area (TPSA) is 66.5 Å². The molecule has 0 atom stereocenters. The van der Waals surface area contributed by atoms with Crippen molar-refractivity contribution in [3.8, 4) is 0 Å². The molecule has 1 amide bonds. The van der Waals surface area contributed by atoms with Crippen LogP contribution in [-0.4, -0.2) is 31.7 Å². The number of likely N-dealkylation sites (N-methyl/N-ethyl adjacent to an activating group) is 1. The van der Waals surface area contributed by atoms with Gasteiger partial charge in [0, 0.05) is 16.7 Å². The number of hydrogen-bond donors (Lipinski definition) is 1. The Kier molecular flexibility index (Phi) is 6.15. The van der Waals surface area contributed by atoms with Crippen LogP contribution in [0.4, 0.5) is 5.69 Å². The van der Waals surface area contributed by atoms with Gasteiger partial charge >= 0.3 is 0 Å². The number of halogens is 1. The van der Waals surface area contributed by atoms with E-state index in [2.05, 4.69) is 21.2 Å². The van der Waals surface area contributed by atoms with Gasteiger partial charge in [0.25, 0.3) is 0 Å².